The third-order valence-electron chi connectivity index (χ3n) is 3.07. The zero-order valence-electron chi connectivity index (χ0n) is 12.8. The van der Waals surface area contributed by atoms with Crippen molar-refractivity contribution in [2.45, 2.75) is 51.7 Å². The average molecular weight is 355 g/mol. The van der Waals surface area contributed by atoms with Gasteiger partial charge in [0.25, 0.3) is 5.91 Å². The number of hydrogen-bond acceptors (Lipinski definition) is 3. The summed E-state index contributed by atoms with van der Waals surface area (Å²) >= 11 is 3.50. The van der Waals surface area contributed by atoms with Gasteiger partial charge in [-0.15, -0.1) is 0 Å². The molecular weight excluding hydrogens is 332 g/mol. The molecule has 1 amide bonds. The molecule has 0 unspecified atom stereocenters. The van der Waals surface area contributed by atoms with Crippen molar-refractivity contribution in [1.29, 1.82) is 0 Å². The Kier molecular flexibility index (Phi) is 5.27. The molecule has 0 heterocycles. The van der Waals surface area contributed by atoms with Gasteiger partial charge in [0.2, 0.25) is 0 Å². The first-order valence-corrected chi connectivity index (χ1v) is 8.09. The minimum atomic E-state index is -0.245. The van der Waals surface area contributed by atoms with E-state index in [1.54, 1.807) is 0 Å². The first kappa shape index (κ1) is 16.3. The second-order valence-electron chi connectivity index (χ2n) is 6.47. The predicted octanol–water partition coefficient (Wildman–Crippen LogP) is 2.99. The van der Waals surface area contributed by atoms with Crippen LogP contribution in [0.15, 0.2) is 22.7 Å². The molecule has 1 aliphatic carbocycles. The van der Waals surface area contributed by atoms with Gasteiger partial charge in [-0.3, -0.25) is 4.79 Å². The molecule has 0 bridgehead atoms. The zero-order valence-corrected chi connectivity index (χ0v) is 14.4. The Balaban J connectivity index is 1.95. The van der Waals surface area contributed by atoms with E-state index in [9.17, 15) is 4.79 Å². The quantitative estimate of drug-likeness (QED) is 0.825. The van der Waals surface area contributed by atoms with Crippen LogP contribution >= 0.6 is 15.9 Å². The summed E-state index contributed by atoms with van der Waals surface area (Å²) in [6, 6.07) is 6.58. The molecule has 2 N–H and O–H groups in total. The molecule has 1 aromatic rings. The molecule has 1 aromatic carbocycles. The molecule has 0 saturated heterocycles. The number of benzene rings is 1. The molecule has 21 heavy (non-hydrogen) atoms. The number of amides is 1. The van der Waals surface area contributed by atoms with Gasteiger partial charge < -0.3 is 15.4 Å². The largest absolute Gasteiger partial charge is 0.482 e. The van der Waals surface area contributed by atoms with Crippen LogP contribution in [0.4, 0.5) is 0 Å². The van der Waals surface area contributed by atoms with Crippen LogP contribution in [0.25, 0.3) is 0 Å². The molecule has 4 nitrogen and oxygen atoms in total. The van der Waals surface area contributed by atoms with Crippen LogP contribution in [0.5, 0.6) is 5.75 Å². The topological polar surface area (TPSA) is 50.4 Å². The summed E-state index contributed by atoms with van der Waals surface area (Å²) in [5.74, 6) is 0.633. The third-order valence-corrected chi connectivity index (χ3v) is 3.69. The van der Waals surface area contributed by atoms with Gasteiger partial charge in [-0.25, -0.2) is 0 Å². The van der Waals surface area contributed by atoms with Gasteiger partial charge in [0, 0.05) is 23.7 Å². The van der Waals surface area contributed by atoms with Gasteiger partial charge in [-0.1, -0.05) is 12.1 Å². The predicted molar refractivity (Wildman–Crippen MR) is 87.4 cm³/mol. The Morgan fingerprint density at radius 1 is 1.38 bits per heavy atom. The highest BCUT2D eigenvalue weighted by Crippen LogP contribution is 2.30. The Morgan fingerprint density at radius 2 is 2.10 bits per heavy atom. The van der Waals surface area contributed by atoms with Crippen LogP contribution in [-0.4, -0.2) is 24.1 Å². The third kappa shape index (κ3) is 5.67. The van der Waals surface area contributed by atoms with Gasteiger partial charge in [-0.05, 0) is 55.6 Å². The second kappa shape index (κ2) is 6.79. The van der Waals surface area contributed by atoms with Crippen LogP contribution in [-0.2, 0) is 11.3 Å². The highest BCUT2D eigenvalue weighted by Gasteiger charge is 2.21. The normalized spacial score (nSPS) is 14.9. The van der Waals surface area contributed by atoms with E-state index in [0.717, 1.165) is 22.3 Å². The number of carbonyl (C=O) groups excluding carboxylic acids is 1. The van der Waals surface area contributed by atoms with E-state index in [1.807, 2.05) is 39.0 Å². The maximum absolute atomic E-state index is 11.9. The van der Waals surface area contributed by atoms with E-state index in [2.05, 4.69) is 26.6 Å². The summed E-state index contributed by atoms with van der Waals surface area (Å²) in [6.45, 7) is 6.65. The summed E-state index contributed by atoms with van der Waals surface area (Å²) < 4.78 is 6.61. The SMILES string of the molecule is CC(C)(C)NC(=O)COc1c(Br)cccc1CNC1CC1. The highest BCUT2D eigenvalue weighted by molar-refractivity contribution is 9.10. The molecule has 0 spiro atoms. The summed E-state index contributed by atoms with van der Waals surface area (Å²) in [4.78, 5) is 11.9. The highest BCUT2D eigenvalue weighted by atomic mass is 79.9. The molecule has 2 rings (SSSR count). The van der Waals surface area contributed by atoms with E-state index < -0.39 is 0 Å². The Hall–Kier alpha value is -1.07. The summed E-state index contributed by atoms with van der Waals surface area (Å²) in [7, 11) is 0. The fourth-order valence-electron chi connectivity index (χ4n) is 1.99. The van der Waals surface area contributed by atoms with E-state index in [4.69, 9.17) is 4.74 Å². The number of hydrogen-bond donors (Lipinski definition) is 2. The van der Waals surface area contributed by atoms with Crippen molar-refractivity contribution in [3.8, 4) is 5.75 Å². The minimum absolute atomic E-state index is 0.0241. The maximum Gasteiger partial charge on any atom is 0.258 e. The van der Waals surface area contributed by atoms with Crippen molar-refractivity contribution < 1.29 is 9.53 Å². The number of nitrogens with one attached hydrogen (secondary N) is 2. The van der Waals surface area contributed by atoms with Crippen molar-refractivity contribution >= 4 is 21.8 Å². The first-order valence-electron chi connectivity index (χ1n) is 7.30. The fourth-order valence-corrected chi connectivity index (χ4v) is 2.51. The lowest BCUT2D eigenvalue weighted by Gasteiger charge is -2.21. The average Bonchev–Trinajstić information content (AvgIpc) is 3.17. The van der Waals surface area contributed by atoms with Crippen molar-refractivity contribution in [3.05, 3.63) is 28.2 Å². The number of para-hydroxylation sites is 1. The molecule has 5 heteroatoms. The number of carbonyl (C=O) groups is 1. The molecule has 0 radical (unpaired) electrons. The van der Waals surface area contributed by atoms with Crippen LogP contribution in [0.1, 0.15) is 39.2 Å². The van der Waals surface area contributed by atoms with E-state index >= 15 is 0 Å². The molecule has 0 atom stereocenters. The lowest BCUT2D eigenvalue weighted by molar-refractivity contribution is -0.124. The molecular formula is C16H23BrN2O2. The van der Waals surface area contributed by atoms with E-state index in [-0.39, 0.29) is 18.1 Å². The van der Waals surface area contributed by atoms with Crippen molar-refractivity contribution in [2.24, 2.45) is 0 Å². The van der Waals surface area contributed by atoms with Gasteiger partial charge in [0.05, 0.1) is 4.47 Å². The monoisotopic (exact) mass is 354 g/mol. The maximum atomic E-state index is 11.9. The summed E-state index contributed by atoms with van der Waals surface area (Å²) in [5, 5.41) is 6.36. The van der Waals surface area contributed by atoms with Crippen LogP contribution in [0, 0.1) is 0 Å². The number of halogens is 1. The molecule has 0 aliphatic heterocycles. The summed E-state index contributed by atoms with van der Waals surface area (Å²) in [6.07, 6.45) is 2.50. The Labute approximate surface area is 134 Å². The van der Waals surface area contributed by atoms with Crippen LogP contribution < -0.4 is 15.4 Å². The molecule has 1 saturated carbocycles. The van der Waals surface area contributed by atoms with E-state index in [0.29, 0.717) is 6.04 Å². The summed E-state index contributed by atoms with van der Waals surface area (Å²) in [5.41, 5.74) is 0.824. The van der Waals surface area contributed by atoms with Crippen molar-refractivity contribution in [2.75, 3.05) is 6.61 Å². The number of ether oxygens (including phenoxy) is 1. The van der Waals surface area contributed by atoms with Gasteiger partial charge >= 0.3 is 0 Å². The van der Waals surface area contributed by atoms with E-state index in [1.165, 1.54) is 12.8 Å². The zero-order chi connectivity index (χ0) is 15.5. The Morgan fingerprint density at radius 3 is 2.71 bits per heavy atom. The molecule has 1 fully saturated rings. The van der Waals surface area contributed by atoms with Gasteiger partial charge in [-0.2, -0.15) is 0 Å². The molecule has 0 aromatic heterocycles. The smallest absolute Gasteiger partial charge is 0.258 e. The first-order chi connectivity index (χ1) is 9.85. The lowest BCUT2D eigenvalue weighted by atomic mass is 10.1. The minimum Gasteiger partial charge on any atom is -0.482 e. The Bertz CT molecular complexity index is 507. The lowest BCUT2D eigenvalue weighted by Crippen LogP contribution is -2.43. The molecule has 116 valence electrons. The van der Waals surface area contributed by atoms with Crippen LogP contribution in [0.3, 0.4) is 0 Å². The second-order valence-corrected chi connectivity index (χ2v) is 7.32. The van der Waals surface area contributed by atoms with Crippen molar-refractivity contribution in [1.82, 2.24) is 10.6 Å². The van der Waals surface area contributed by atoms with Crippen LogP contribution in [0.2, 0.25) is 0 Å². The number of rotatable bonds is 6. The van der Waals surface area contributed by atoms with Gasteiger partial charge in [0.1, 0.15) is 5.75 Å². The van der Waals surface area contributed by atoms with Gasteiger partial charge in [0.15, 0.2) is 6.61 Å². The van der Waals surface area contributed by atoms with Crippen molar-refractivity contribution in [3.63, 3.8) is 0 Å². The molecule has 1 aliphatic rings. The standard InChI is InChI=1S/C16H23BrN2O2/c1-16(2,3)19-14(20)10-21-15-11(5-4-6-13(15)17)9-18-12-7-8-12/h4-6,12,18H,7-10H2,1-3H3,(H,19,20). The fraction of sp³-hybridized carbons (Fsp3) is 0.562.